The number of carbonyl (C=O) groups is 2. The molecule has 0 spiro atoms. The third-order valence-electron chi connectivity index (χ3n) is 2.98. The smallest absolute Gasteiger partial charge is 0.347 e. The molecule has 0 saturated carbocycles. The van der Waals surface area contributed by atoms with E-state index in [-0.39, 0.29) is 34.6 Å². The highest BCUT2D eigenvalue weighted by molar-refractivity contribution is 7.85. The topological polar surface area (TPSA) is 146 Å². The molecule has 0 aliphatic carbocycles. The Labute approximate surface area is 117 Å². The quantitative estimate of drug-likeness (QED) is 0.439. The standard InChI is InChI=1S/C11H9NO8S/c12-5(1-2-21(15,16)17)11(14)19-8-6-3-4-7(18-6)9(8)20-10(4)13/h3,5H,1-2,12H2,(H,15,16,17). The van der Waals surface area contributed by atoms with Crippen LogP contribution in [0.2, 0.25) is 0 Å². The maximum absolute atomic E-state index is 11.8. The predicted molar refractivity (Wildman–Crippen MR) is 67.0 cm³/mol. The molecular formula is C11H9NO8S. The minimum atomic E-state index is -4.22. The summed E-state index contributed by atoms with van der Waals surface area (Å²) in [5, 5.41) is 0. The van der Waals surface area contributed by atoms with Crippen molar-refractivity contribution in [2.75, 3.05) is 5.75 Å². The average molecular weight is 315 g/mol. The van der Waals surface area contributed by atoms with Crippen LogP contribution in [0.15, 0.2) is 10.5 Å². The number of rotatable bonds is 5. The number of carbonyl (C=O) groups excluding carboxylic acids is 2. The zero-order chi connectivity index (χ0) is 15.4. The second kappa shape index (κ2) is 4.41. The van der Waals surface area contributed by atoms with Crippen LogP contribution in [0.1, 0.15) is 16.8 Å². The van der Waals surface area contributed by atoms with Crippen LogP contribution in [-0.2, 0) is 14.9 Å². The van der Waals surface area contributed by atoms with Gasteiger partial charge >= 0.3 is 11.9 Å². The second-order valence-corrected chi connectivity index (χ2v) is 6.08. The first-order valence-electron chi connectivity index (χ1n) is 5.80. The summed E-state index contributed by atoms with van der Waals surface area (Å²) in [4.78, 5) is 23.1. The predicted octanol–water partition coefficient (Wildman–Crippen LogP) is -0.0862. The molecule has 0 radical (unpaired) electrons. The zero-order valence-corrected chi connectivity index (χ0v) is 11.2. The number of fused-ring (bicyclic) bond motifs is 1. The minimum Gasteiger partial charge on any atom is -0.448 e. The van der Waals surface area contributed by atoms with Crippen LogP contribution in [0, 0.1) is 0 Å². The van der Waals surface area contributed by atoms with E-state index in [1.807, 2.05) is 0 Å². The highest BCUT2D eigenvalue weighted by atomic mass is 32.2. The van der Waals surface area contributed by atoms with Gasteiger partial charge in [-0.3, -0.25) is 4.55 Å². The molecule has 0 aromatic carbocycles. The summed E-state index contributed by atoms with van der Waals surface area (Å²) >= 11 is 0. The molecule has 2 aromatic rings. The fourth-order valence-corrected chi connectivity index (χ4v) is 2.50. The van der Waals surface area contributed by atoms with Crippen LogP contribution in [0.4, 0.5) is 0 Å². The Kier molecular flexibility index (Phi) is 2.90. The van der Waals surface area contributed by atoms with E-state index in [1.165, 1.54) is 6.07 Å². The lowest BCUT2D eigenvalue weighted by molar-refractivity contribution is -0.135. The lowest BCUT2D eigenvalue weighted by Gasteiger charge is -2.09. The van der Waals surface area contributed by atoms with E-state index in [9.17, 15) is 18.0 Å². The molecule has 3 N–H and O–H groups in total. The van der Waals surface area contributed by atoms with E-state index >= 15 is 0 Å². The molecular weight excluding hydrogens is 306 g/mol. The molecule has 0 amide bonds. The first-order valence-corrected chi connectivity index (χ1v) is 7.40. The van der Waals surface area contributed by atoms with Gasteiger partial charge in [-0.05, 0) is 6.42 Å². The van der Waals surface area contributed by atoms with Crippen molar-refractivity contribution in [1.82, 2.24) is 0 Å². The molecule has 1 aliphatic rings. The van der Waals surface area contributed by atoms with Crippen molar-refractivity contribution in [3.05, 3.63) is 11.6 Å². The monoisotopic (exact) mass is 315 g/mol. The van der Waals surface area contributed by atoms with Crippen LogP contribution in [0.5, 0.6) is 11.5 Å². The Balaban J connectivity index is 1.72. The van der Waals surface area contributed by atoms with Gasteiger partial charge in [0, 0.05) is 6.07 Å². The molecule has 3 rings (SSSR count). The largest absolute Gasteiger partial charge is 0.448 e. The third kappa shape index (κ3) is 2.33. The van der Waals surface area contributed by atoms with E-state index in [1.54, 1.807) is 0 Å². The Morgan fingerprint density at radius 1 is 1.48 bits per heavy atom. The maximum Gasteiger partial charge on any atom is 0.347 e. The molecule has 1 atom stereocenters. The summed E-state index contributed by atoms with van der Waals surface area (Å²) in [5.41, 5.74) is 6.09. The number of furan rings is 2. The van der Waals surface area contributed by atoms with E-state index < -0.39 is 33.9 Å². The van der Waals surface area contributed by atoms with Gasteiger partial charge in [-0.15, -0.1) is 0 Å². The molecule has 10 heteroatoms. The van der Waals surface area contributed by atoms with Crippen LogP contribution in [-0.4, -0.2) is 36.7 Å². The summed E-state index contributed by atoms with van der Waals surface area (Å²) in [6.07, 6.45) is -0.312. The maximum atomic E-state index is 11.8. The van der Waals surface area contributed by atoms with Crippen LogP contribution in [0.25, 0.3) is 11.2 Å². The molecule has 9 nitrogen and oxygen atoms in total. The van der Waals surface area contributed by atoms with Gasteiger partial charge in [0.25, 0.3) is 10.1 Å². The molecule has 21 heavy (non-hydrogen) atoms. The van der Waals surface area contributed by atoms with E-state index in [2.05, 4.69) is 0 Å². The van der Waals surface area contributed by atoms with Gasteiger partial charge in [0.1, 0.15) is 11.6 Å². The van der Waals surface area contributed by atoms with Gasteiger partial charge in [-0.2, -0.15) is 8.42 Å². The van der Waals surface area contributed by atoms with Crippen molar-refractivity contribution in [3.8, 4) is 11.5 Å². The minimum absolute atomic E-state index is 0.0165. The highest BCUT2D eigenvalue weighted by Crippen LogP contribution is 2.49. The molecule has 2 bridgehead atoms. The number of benzene rings is 1. The van der Waals surface area contributed by atoms with Crippen LogP contribution in [0.3, 0.4) is 0 Å². The van der Waals surface area contributed by atoms with Gasteiger partial charge in [0.05, 0.1) is 5.75 Å². The number of nitrogens with two attached hydrogens (primary N) is 1. The fourth-order valence-electron chi connectivity index (χ4n) is 1.95. The zero-order valence-electron chi connectivity index (χ0n) is 10.4. The Bertz CT molecular complexity index is 836. The van der Waals surface area contributed by atoms with Crippen molar-refractivity contribution in [2.45, 2.75) is 12.5 Å². The van der Waals surface area contributed by atoms with Crippen molar-refractivity contribution in [2.24, 2.45) is 5.73 Å². The lowest BCUT2D eigenvalue weighted by Crippen LogP contribution is -2.35. The normalized spacial score (nSPS) is 15.4. The average Bonchev–Trinajstić information content (AvgIpc) is 2.99. The Morgan fingerprint density at radius 2 is 2.19 bits per heavy atom. The van der Waals surface area contributed by atoms with E-state index in [4.69, 9.17) is 24.2 Å². The number of ether oxygens (including phenoxy) is 2. The van der Waals surface area contributed by atoms with Crippen molar-refractivity contribution in [3.63, 3.8) is 0 Å². The van der Waals surface area contributed by atoms with E-state index in [0.717, 1.165) is 0 Å². The molecule has 1 unspecified atom stereocenters. The first kappa shape index (κ1) is 13.8. The Hall–Kier alpha value is -2.17. The first-order chi connectivity index (χ1) is 9.76. The van der Waals surface area contributed by atoms with Gasteiger partial charge in [0.15, 0.2) is 11.2 Å². The van der Waals surface area contributed by atoms with E-state index in [0.29, 0.717) is 0 Å². The van der Waals surface area contributed by atoms with Crippen molar-refractivity contribution >= 4 is 33.2 Å². The number of esters is 2. The third-order valence-corrected chi connectivity index (χ3v) is 3.73. The van der Waals surface area contributed by atoms with Crippen LogP contribution < -0.4 is 15.2 Å². The van der Waals surface area contributed by atoms with Crippen molar-refractivity contribution < 1.29 is 36.5 Å². The van der Waals surface area contributed by atoms with Gasteiger partial charge in [-0.1, -0.05) is 0 Å². The van der Waals surface area contributed by atoms with Crippen LogP contribution >= 0.6 is 0 Å². The second-order valence-electron chi connectivity index (χ2n) is 4.50. The highest BCUT2D eigenvalue weighted by Gasteiger charge is 2.37. The SMILES string of the molecule is NC(CCS(=O)(=O)O)C(=O)Oc1c2c3oc1cc3C(=O)O2. The van der Waals surface area contributed by atoms with Gasteiger partial charge in [-0.25, -0.2) is 9.59 Å². The number of hydrogen-bond acceptors (Lipinski definition) is 8. The number of hydrogen-bond donors (Lipinski definition) is 2. The molecule has 2 aromatic heterocycles. The summed E-state index contributed by atoms with van der Waals surface area (Å²) in [5.74, 6) is -2.24. The fraction of sp³-hybridized carbons (Fsp3) is 0.273. The summed E-state index contributed by atoms with van der Waals surface area (Å²) in [6.45, 7) is 0. The Morgan fingerprint density at radius 3 is 2.86 bits per heavy atom. The summed E-state index contributed by atoms with van der Waals surface area (Å²) in [6, 6.07) is 0.117. The molecule has 0 saturated heterocycles. The van der Waals surface area contributed by atoms with Gasteiger partial charge < -0.3 is 19.6 Å². The summed E-state index contributed by atoms with van der Waals surface area (Å²) < 4.78 is 44.9. The molecule has 0 fully saturated rings. The molecule has 112 valence electrons. The van der Waals surface area contributed by atoms with Gasteiger partial charge in [0.2, 0.25) is 11.5 Å². The lowest BCUT2D eigenvalue weighted by atomic mass is 10.2. The molecule has 3 heterocycles. The molecule has 1 aliphatic heterocycles. The summed E-state index contributed by atoms with van der Waals surface area (Å²) in [7, 11) is -4.22. The van der Waals surface area contributed by atoms with Crippen molar-refractivity contribution in [1.29, 1.82) is 0 Å².